The van der Waals surface area contributed by atoms with Crippen LogP contribution in [-0.2, 0) is 11.2 Å². The van der Waals surface area contributed by atoms with Gasteiger partial charge in [0.05, 0.1) is 0 Å². The quantitative estimate of drug-likeness (QED) is 0.884. The summed E-state index contributed by atoms with van der Waals surface area (Å²) in [5.41, 5.74) is 6.15. The van der Waals surface area contributed by atoms with Crippen LogP contribution in [-0.4, -0.2) is 17.9 Å². The van der Waals surface area contributed by atoms with E-state index < -0.39 is 29.5 Å². The molecule has 0 radical (unpaired) electrons. The highest BCUT2D eigenvalue weighted by Crippen LogP contribution is 2.08. The van der Waals surface area contributed by atoms with Crippen molar-refractivity contribution in [2.75, 3.05) is 0 Å². The molecule has 2 rings (SSSR count). The molecule has 2 aromatic rings. The van der Waals surface area contributed by atoms with E-state index in [1.54, 1.807) is 0 Å². The van der Waals surface area contributed by atoms with Crippen molar-refractivity contribution >= 4 is 11.8 Å². The molecule has 0 saturated carbocycles. The number of hydrogen-bond donors (Lipinski definition) is 2. The fraction of sp³-hybridized carbons (Fsp3) is 0.125. The van der Waals surface area contributed by atoms with Crippen molar-refractivity contribution in [3.8, 4) is 0 Å². The van der Waals surface area contributed by atoms with E-state index in [2.05, 4.69) is 5.32 Å². The zero-order valence-corrected chi connectivity index (χ0v) is 11.6. The summed E-state index contributed by atoms with van der Waals surface area (Å²) in [5, 5.41) is 2.49. The first-order valence-electron chi connectivity index (χ1n) is 6.56. The molecule has 4 nitrogen and oxygen atoms in total. The second-order valence-electron chi connectivity index (χ2n) is 4.77. The first kappa shape index (κ1) is 15.6. The number of amides is 2. The minimum absolute atomic E-state index is 0.141. The molecule has 2 aromatic carbocycles. The third-order valence-corrected chi connectivity index (χ3v) is 3.11. The van der Waals surface area contributed by atoms with Crippen molar-refractivity contribution in [1.82, 2.24) is 5.32 Å². The van der Waals surface area contributed by atoms with E-state index in [0.29, 0.717) is 5.56 Å². The lowest BCUT2D eigenvalue weighted by Crippen LogP contribution is -2.45. The lowest BCUT2D eigenvalue weighted by atomic mass is 10.0. The van der Waals surface area contributed by atoms with Gasteiger partial charge in [0.2, 0.25) is 5.91 Å². The van der Waals surface area contributed by atoms with Crippen LogP contribution in [0.2, 0.25) is 0 Å². The number of nitrogens with two attached hydrogens (primary N) is 1. The zero-order valence-electron chi connectivity index (χ0n) is 11.6. The van der Waals surface area contributed by atoms with Crippen LogP contribution in [0.15, 0.2) is 48.5 Å². The fourth-order valence-corrected chi connectivity index (χ4v) is 1.92. The number of halogens is 2. The van der Waals surface area contributed by atoms with Gasteiger partial charge in [0, 0.05) is 12.0 Å². The molecule has 22 heavy (non-hydrogen) atoms. The molecule has 114 valence electrons. The largest absolute Gasteiger partial charge is 0.368 e. The average molecular weight is 304 g/mol. The summed E-state index contributed by atoms with van der Waals surface area (Å²) < 4.78 is 25.7. The Hall–Kier alpha value is -2.76. The highest BCUT2D eigenvalue weighted by Gasteiger charge is 2.19. The number of hydrogen-bond acceptors (Lipinski definition) is 2. The van der Waals surface area contributed by atoms with E-state index in [1.165, 1.54) is 36.4 Å². The Bertz CT molecular complexity index is 670. The summed E-state index contributed by atoms with van der Waals surface area (Å²) in [4.78, 5) is 23.5. The molecule has 0 unspecified atom stereocenters. The Morgan fingerprint density at radius 1 is 0.955 bits per heavy atom. The summed E-state index contributed by atoms with van der Waals surface area (Å²) in [6.07, 6.45) is 0.141. The molecule has 0 aliphatic rings. The first-order chi connectivity index (χ1) is 10.5. The summed E-state index contributed by atoms with van der Waals surface area (Å²) in [6.45, 7) is 0. The second kappa shape index (κ2) is 6.80. The summed E-state index contributed by atoms with van der Waals surface area (Å²) >= 11 is 0. The summed E-state index contributed by atoms with van der Waals surface area (Å²) in [6, 6.07) is 9.50. The van der Waals surface area contributed by atoms with E-state index in [1.807, 2.05) is 0 Å². The van der Waals surface area contributed by atoms with Gasteiger partial charge < -0.3 is 11.1 Å². The number of rotatable bonds is 5. The van der Waals surface area contributed by atoms with Crippen LogP contribution in [0, 0.1) is 11.6 Å². The molecule has 2 amide bonds. The van der Waals surface area contributed by atoms with Gasteiger partial charge in [0.1, 0.15) is 17.7 Å². The molecule has 3 N–H and O–H groups in total. The van der Waals surface area contributed by atoms with Crippen LogP contribution < -0.4 is 11.1 Å². The topological polar surface area (TPSA) is 72.2 Å². The maximum Gasteiger partial charge on any atom is 0.251 e. The van der Waals surface area contributed by atoms with Gasteiger partial charge in [-0.3, -0.25) is 9.59 Å². The second-order valence-corrected chi connectivity index (χ2v) is 4.77. The normalized spacial score (nSPS) is 11.7. The Balaban J connectivity index is 2.08. The molecule has 0 aromatic heterocycles. The van der Waals surface area contributed by atoms with Gasteiger partial charge in [-0.2, -0.15) is 0 Å². The molecule has 0 aliphatic carbocycles. The van der Waals surface area contributed by atoms with Gasteiger partial charge in [-0.05, 0) is 42.0 Å². The molecular formula is C16H14F2N2O2. The van der Waals surface area contributed by atoms with Gasteiger partial charge in [-0.1, -0.05) is 12.1 Å². The third kappa shape index (κ3) is 4.12. The van der Waals surface area contributed by atoms with Crippen molar-refractivity contribution in [1.29, 1.82) is 0 Å². The maximum atomic E-state index is 12.9. The van der Waals surface area contributed by atoms with Crippen LogP contribution >= 0.6 is 0 Å². The monoisotopic (exact) mass is 304 g/mol. The number of primary amides is 1. The van der Waals surface area contributed by atoms with Crippen LogP contribution in [0.1, 0.15) is 15.9 Å². The lowest BCUT2D eigenvalue weighted by Gasteiger charge is -2.15. The lowest BCUT2D eigenvalue weighted by molar-refractivity contribution is -0.119. The summed E-state index contributed by atoms with van der Waals surface area (Å²) in [7, 11) is 0. The van der Waals surface area contributed by atoms with Gasteiger partial charge in [-0.25, -0.2) is 8.78 Å². The number of carbonyl (C=O) groups is 2. The van der Waals surface area contributed by atoms with Crippen LogP contribution in [0.25, 0.3) is 0 Å². The molecule has 0 spiro atoms. The Kier molecular flexibility index (Phi) is 4.83. The van der Waals surface area contributed by atoms with E-state index in [-0.39, 0.29) is 12.0 Å². The highest BCUT2D eigenvalue weighted by molar-refractivity contribution is 5.97. The molecule has 0 saturated heterocycles. The van der Waals surface area contributed by atoms with Crippen molar-refractivity contribution in [3.63, 3.8) is 0 Å². The van der Waals surface area contributed by atoms with Gasteiger partial charge in [0.25, 0.3) is 5.91 Å². The standard InChI is InChI=1S/C16H14F2N2O2/c17-12-5-1-10(2-6-12)9-14(15(19)21)20-16(22)11-3-7-13(18)8-4-11/h1-8,14H,9H2,(H2,19,21)(H,20,22)/t14-/m0/s1. The van der Waals surface area contributed by atoms with E-state index in [9.17, 15) is 18.4 Å². The van der Waals surface area contributed by atoms with Crippen LogP contribution in [0.5, 0.6) is 0 Å². The number of carbonyl (C=O) groups excluding carboxylic acids is 2. The van der Waals surface area contributed by atoms with Crippen LogP contribution in [0.4, 0.5) is 8.78 Å². The van der Waals surface area contributed by atoms with Crippen LogP contribution in [0.3, 0.4) is 0 Å². The maximum absolute atomic E-state index is 12.9. The number of nitrogens with one attached hydrogen (secondary N) is 1. The van der Waals surface area contributed by atoms with E-state index in [0.717, 1.165) is 12.1 Å². The molecular weight excluding hydrogens is 290 g/mol. The highest BCUT2D eigenvalue weighted by atomic mass is 19.1. The molecule has 6 heteroatoms. The molecule has 0 heterocycles. The van der Waals surface area contributed by atoms with Gasteiger partial charge in [0.15, 0.2) is 0 Å². The zero-order chi connectivity index (χ0) is 16.1. The van der Waals surface area contributed by atoms with Crippen molar-refractivity contribution in [3.05, 3.63) is 71.3 Å². The predicted octanol–water partition coefficient (Wildman–Crippen LogP) is 1.79. The third-order valence-electron chi connectivity index (χ3n) is 3.11. The van der Waals surface area contributed by atoms with Gasteiger partial charge >= 0.3 is 0 Å². The Morgan fingerprint density at radius 2 is 1.45 bits per heavy atom. The smallest absolute Gasteiger partial charge is 0.251 e. The van der Waals surface area contributed by atoms with Crippen molar-refractivity contribution in [2.24, 2.45) is 5.73 Å². The van der Waals surface area contributed by atoms with Crippen molar-refractivity contribution in [2.45, 2.75) is 12.5 Å². The minimum Gasteiger partial charge on any atom is -0.368 e. The molecule has 1 atom stereocenters. The first-order valence-corrected chi connectivity index (χ1v) is 6.56. The molecule has 0 fully saturated rings. The number of benzene rings is 2. The predicted molar refractivity (Wildman–Crippen MR) is 77.0 cm³/mol. The van der Waals surface area contributed by atoms with E-state index >= 15 is 0 Å². The summed E-state index contributed by atoms with van der Waals surface area (Å²) in [5.74, 6) is -2.10. The minimum atomic E-state index is -0.942. The van der Waals surface area contributed by atoms with E-state index in [4.69, 9.17) is 5.73 Å². The Labute approximate surface area is 125 Å². The molecule has 0 bridgehead atoms. The SMILES string of the molecule is NC(=O)[C@H](Cc1ccc(F)cc1)NC(=O)c1ccc(F)cc1. The molecule has 0 aliphatic heterocycles. The van der Waals surface area contributed by atoms with Gasteiger partial charge in [-0.15, -0.1) is 0 Å². The van der Waals surface area contributed by atoms with Crippen molar-refractivity contribution < 1.29 is 18.4 Å². The Morgan fingerprint density at radius 3 is 1.95 bits per heavy atom. The average Bonchev–Trinajstić information content (AvgIpc) is 2.49. The fourth-order valence-electron chi connectivity index (χ4n) is 1.92.